The Morgan fingerprint density at radius 1 is 1.19 bits per heavy atom. The van der Waals surface area contributed by atoms with E-state index in [4.69, 9.17) is 4.74 Å². The maximum atomic E-state index is 12.4. The Labute approximate surface area is 171 Å². The summed E-state index contributed by atoms with van der Waals surface area (Å²) in [5.74, 6) is -0.597. The second kappa shape index (κ2) is 9.18. The van der Waals surface area contributed by atoms with Gasteiger partial charge in [-0.2, -0.15) is 0 Å². The molecule has 144 valence electrons. The van der Waals surface area contributed by atoms with Crippen molar-refractivity contribution in [2.45, 2.75) is 26.4 Å². The molecule has 2 rings (SSSR count). The van der Waals surface area contributed by atoms with Gasteiger partial charge in [-0.15, -0.1) is 0 Å². The summed E-state index contributed by atoms with van der Waals surface area (Å²) in [5, 5.41) is 21.8. The van der Waals surface area contributed by atoms with Gasteiger partial charge in [-0.05, 0) is 59.3 Å². The molecule has 0 saturated carbocycles. The third-order valence-electron chi connectivity index (χ3n) is 4.21. The maximum absolute atomic E-state index is 12.4. The van der Waals surface area contributed by atoms with E-state index in [9.17, 15) is 19.8 Å². The number of phenolic OH excluding ortho intramolecular Hbond substituents is 1. The molecule has 0 saturated heterocycles. The summed E-state index contributed by atoms with van der Waals surface area (Å²) in [6.45, 7) is 3.53. The van der Waals surface area contributed by atoms with Crippen LogP contribution in [-0.2, 0) is 4.74 Å². The van der Waals surface area contributed by atoms with Gasteiger partial charge in [0.25, 0.3) is 5.91 Å². The van der Waals surface area contributed by atoms with Gasteiger partial charge in [-0.1, -0.05) is 32.0 Å². The largest absolute Gasteiger partial charge is 0.508 e. The van der Waals surface area contributed by atoms with E-state index < -0.39 is 23.5 Å². The first-order valence-electron chi connectivity index (χ1n) is 8.41. The highest BCUT2D eigenvalue weighted by molar-refractivity contribution is 14.1. The lowest BCUT2D eigenvalue weighted by Gasteiger charge is -2.34. The van der Waals surface area contributed by atoms with Gasteiger partial charge in [-0.3, -0.25) is 10.1 Å². The first-order chi connectivity index (χ1) is 12.7. The highest BCUT2D eigenvalue weighted by Crippen LogP contribution is 2.43. The number of aliphatic hydroxyl groups is 1. The molecule has 0 aromatic heterocycles. The van der Waals surface area contributed by atoms with Crippen LogP contribution in [0.5, 0.6) is 5.75 Å². The molecule has 0 unspecified atom stereocenters. The van der Waals surface area contributed by atoms with E-state index in [1.54, 1.807) is 42.5 Å². The molecule has 0 fully saturated rings. The number of hydrogen-bond acceptors (Lipinski definition) is 5. The monoisotopic (exact) mass is 483 g/mol. The zero-order valence-electron chi connectivity index (χ0n) is 15.1. The summed E-state index contributed by atoms with van der Waals surface area (Å²) in [4.78, 5) is 24.5. The average molecular weight is 483 g/mol. The smallest absolute Gasteiger partial charge is 0.414 e. The molecule has 2 amide bonds. The van der Waals surface area contributed by atoms with Crippen LogP contribution in [0.3, 0.4) is 0 Å². The first-order valence-corrected chi connectivity index (χ1v) is 9.49. The number of alkyl carbamates (subject to hydrolysis) is 1. The molecule has 6 nitrogen and oxygen atoms in total. The van der Waals surface area contributed by atoms with E-state index in [1.807, 2.05) is 13.8 Å². The molecule has 0 aliphatic heterocycles. The Balaban J connectivity index is 2.25. The minimum Gasteiger partial charge on any atom is -0.508 e. The quantitative estimate of drug-likeness (QED) is 0.540. The molecule has 2 aromatic rings. The second-order valence-electron chi connectivity index (χ2n) is 6.77. The van der Waals surface area contributed by atoms with Crippen molar-refractivity contribution in [3.63, 3.8) is 0 Å². The van der Waals surface area contributed by atoms with Crippen LogP contribution in [0, 0.1) is 8.99 Å². The number of hydrogen-bond donors (Lipinski definition) is 3. The Morgan fingerprint density at radius 2 is 1.85 bits per heavy atom. The lowest BCUT2D eigenvalue weighted by atomic mass is 9.79. The van der Waals surface area contributed by atoms with Crippen LogP contribution in [0.15, 0.2) is 48.5 Å². The van der Waals surface area contributed by atoms with E-state index in [0.717, 1.165) is 3.57 Å². The molecule has 2 aromatic carbocycles. The van der Waals surface area contributed by atoms with E-state index in [2.05, 4.69) is 27.9 Å². The third-order valence-corrected chi connectivity index (χ3v) is 4.89. The van der Waals surface area contributed by atoms with Crippen molar-refractivity contribution in [1.82, 2.24) is 5.32 Å². The predicted octanol–water partition coefficient (Wildman–Crippen LogP) is 4.01. The van der Waals surface area contributed by atoms with Crippen LogP contribution in [0.2, 0.25) is 0 Å². The number of nitrogens with one attached hydrogen (secondary N) is 1. The van der Waals surface area contributed by atoms with Gasteiger partial charge in [0.15, 0.2) is 0 Å². The van der Waals surface area contributed by atoms with Gasteiger partial charge in [0.1, 0.15) is 11.9 Å². The second-order valence-corrected chi connectivity index (χ2v) is 8.02. The molecule has 0 bridgehead atoms. The van der Waals surface area contributed by atoms with Crippen molar-refractivity contribution in [1.29, 1.82) is 0 Å². The van der Waals surface area contributed by atoms with Crippen molar-refractivity contribution < 1.29 is 24.5 Å². The van der Waals surface area contributed by atoms with Crippen LogP contribution >= 0.6 is 22.6 Å². The number of carbonyl (C=O) groups excluding carboxylic acids is 2. The summed E-state index contributed by atoms with van der Waals surface area (Å²) < 4.78 is 6.39. The highest BCUT2D eigenvalue weighted by Gasteiger charge is 2.36. The van der Waals surface area contributed by atoms with Gasteiger partial charge in [-0.25, -0.2) is 4.79 Å². The number of amides is 2. The highest BCUT2D eigenvalue weighted by atomic mass is 127. The van der Waals surface area contributed by atoms with Gasteiger partial charge >= 0.3 is 6.09 Å². The van der Waals surface area contributed by atoms with Gasteiger partial charge in [0, 0.05) is 26.7 Å². The van der Waals surface area contributed by atoms with Crippen molar-refractivity contribution in [3.8, 4) is 5.75 Å². The summed E-state index contributed by atoms with van der Waals surface area (Å²) in [6, 6.07) is 13.3. The number of rotatable bonds is 6. The fourth-order valence-electron chi connectivity index (χ4n) is 2.69. The minimum atomic E-state index is -0.918. The van der Waals surface area contributed by atoms with Crippen LogP contribution in [0.4, 0.5) is 4.79 Å². The third kappa shape index (κ3) is 5.67. The molecule has 0 aliphatic rings. The SMILES string of the molecule is CC(C)(CCO)[C@@H](OC(=O)NC(=O)c1ccccc1)c1cc(I)ccc1O. The predicted molar refractivity (Wildman–Crippen MR) is 109 cm³/mol. The number of halogens is 1. The number of phenols is 1. The summed E-state index contributed by atoms with van der Waals surface area (Å²) >= 11 is 2.10. The first kappa shape index (κ1) is 21.2. The molecular formula is C20H22INO5. The molecule has 0 aliphatic carbocycles. The van der Waals surface area contributed by atoms with Gasteiger partial charge < -0.3 is 14.9 Å². The lowest BCUT2D eigenvalue weighted by molar-refractivity contribution is 0.00746. The Hall–Kier alpha value is -2.13. The number of aliphatic hydroxyl groups excluding tert-OH is 1. The van der Waals surface area contributed by atoms with Gasteiger partial charge in [0.2, 0.25) is 0 Å². The average Bonchev–Trinajstić information content (AvgIpc) is 2.62. The summed E-state index contributed by atoms with van der Waals surface area (Å²) in [5.41, 5.74) is 0.0736. The molecule has 7 heteroatoms. The summed E-state index contributed by atoms with van der Waals surface area (Å²) in [6.07, 6.45) is -1.44. The normalized spacial score (nSPS) is 12.3. The maximum Gasteiger partial charge on any atom is 0.414 e. The zero-order valence-corrected chi connectivity index (χ0v) is 17.3. The molecule has 0 radical (unpaired) electrons. The van der Waals surface area contributed by atoms with E-state index in [-0.39, 0.29) is 12.4 Å². The Bertz CT molecular complexity index is 807. The van der Waals surface area contributed by atoms with Crippen LogP contribution in [0.25, 0.3) is 0 Å². The number of benzene rings is 2. The molecule has 3 N–H and O–H groups in total. The molecule has 27 heavy (non-hydrogen) atoms. The fraction of sp³-hybridized carbons (Fsp3) is 0.300. The molecule has 0 spiro atoms. The van der Waals surface area contributed by atoms with E-state index in [0.29, 0.717) is 17.5 Å². The number of carbonyl (C=O) groups is 2. The van der Waals surface area contributed by atoms with Crippen LogP contribution in [-0.4, -0.2) is 28.8 Å². The van der Waals surface area contributed by atoms with E-state index >= 15 is 0 Å². The molecule has 0 heterocycles. The topological polar surface area (TPSA) is 95.9 Å². The number of imide groups is 1. The fourth-order valence-corrected chi connectivity index (χ4v) is 3.20. The van der Waals surface area contributed by atoms with Crippen molar-refractivity contribution in [3.05, 3.63) is 63.2 Å². The van der Waals surface area contributed by atoms with Crippen LogP contribution in [0.1, 0.15) is 42.3 Å². The minimum absolute atomic E-state index is 0.0198. The molecule has 1 atom stereocenters. The standard InChI is InChI=1S/C20H22INO5/c1-20(2,10-11-23)17(15-12-14(21)8-9-16(15)24)27-19(26)22-18(25)13-6-4-3-5-7-13/h3-9,12,17,23-24H,10-11H2,1-2H3,(H,22,25,26)/t17-/m0/s1. The Kier molecular flexibility index (Phi) is 7.20. The zero-order chi connectivity index (χ0) is 20.0. The number of ether oxygens (including phenoxy) is 1. The lowest BCUT2D eigenvalue weighted by Crippen LogP contribution is -2.36. The van der Waals surface area contributed by atoms with E-state index in [1.165, 1.54) is 6.07 Å². The van der Waals surface area contributed by atoms with Gasteiger partial charge in [0.05, 0.1) is 0 Å². The summed E-state index contributed by atoms with van der Waals surface area (Å²) in [7, 11) is 0. The molecular weight excluding hydrogens is 461 g/mol. The van der Waals surface area contributed by atoms with Crippen molar-refractivity contribution in [2.24, 2.45) is 5.41 Å². The van der Waals surface area contributed by atoms with Crippen molar-refractivity contribution in [2.75, 3.05) is 6.61 Å². The number of aromatic hydroxyl groups is 1. The Morgan fingerprint density at radius 3 is 2.48 bits per heavy atom. The van der Waals surface area contributed by atoms with Crippen LogP contribution < -0.4 is 5.32 Å². The van der Waals surface area contributed by atoms with Crippen molar-refractivity contribution >= 4 is 34.6 Å².